The van der Waals surface area contributed by atoms with Crippen LogP contribution in [0.5, 0.6) is 0 Å². The molecule has 34 heavy (non-hydrogen) atoms. The third kappa shape index (κ3) is 5.19. The topological polar surface area (TPSA) is 88.2 Å². The molecule has 0 aliphatic carbocycles. The third-order valence-electron chi connectivity index (χ3n) is 5.61. The predicted octanol–water partition coefficient (Wildman–Crippen LogP) is 5.18. The van der Waals surface area contributed by atoms with E-state index in [0.717, 1.165) is 17.4 Å². The van der Waals surface area contributed by atoms with Gasteiger partial charge in [-0.05, 0) is 36.8 Å². The summed E-state index contributed by atoms with van der Waals surface area (Å²) in [5, 5.41) is 5.47. The van der Waals surface area contributed by atoms with Crippen LogP contribution in [0, 0.1) is 6.92 Å². The molecule has 0 aliphatic heterocycles. The normalized spacial score (nSPS) is 11.6. The molecule has 0 unspecified atom stereocenters. The van der Waals surface area contributed by atoms with Crippen LogP contribution in [0.25, 0.3) is 10.8 Å². The number of hydrogen-bond donors (Lipinski definition) is 2. The van der Waals surface area contributed by atoms with Gasteiger partial charge in [-0.1, -0.05) is 78.9 Å². The number of fused-ring (bicyclic) bond motifs is 1. The van der Waals surface area contributed by atoms with Crippen LogP contribution in [0.15, 0.2) is 71.6 Å². The zero-order valence-corrected chi connectivity index (χ0v) is 20.8. The minimum atomic E-state index is -3.62. The summed E-state index contributed by atoms with van der Waals surface area (Å²) >= 11 is 1.33. The van der Waals surface area contributed by atoms with Crippen molar-refractivity contribution >= 4 is 43.0 Å². The second-order valence-electron chi connectivity index (χ2n) is 7.93. The molecule has 2 N–H and O–H groups in total. The molecule has 0 fully saturated rings. The van der Waals surface area contributed by atoms with Crippen LogP contribution in [0.2, 0.25) is 0 Å². The quantitative estimate of drug-likeness (QED) is 0.235. The van der Waals surface area contributed by atoms with Gasteiger partial charge in [0.15, 0.2) is 5.13 Å². The van der Waals surface area contributed by atoms with Gasteiger partial charge in [0.1, 0.15) is 0 Å². The van der Waals surface area contributed by atoms with E-state index in [4.69, 9.17) is 0 Å². The summed E-state index contributed by atoms with van der Waals surface area (Å²) in [6.07, 6.45) is 1.37. The second-order valence-corrected chi connectivity index (χ2v) is 10.7. The molecule has 0 radical (unpaired) electrons. The molecular weight excluding hydrogens is 466 g/mol. The highest BCUT2D eigenvalue weighted by molar-refractivity contribution is 7.89. The van der Waals surface area contributed by atoms with Crippen LogP contribution < -0.4 is 10.0 Å². The van der Waals surface area contributed by atoms with E-state index in [-0.39, 0.29) is 10.7 Å². The van der Waals surface area contributed by atoms with E-state index >= 15 is 0 Å². The Morgan fingerprint density at radius 2 is 1.71 bits per heavy atom. The van der Waals surface area contributed by atoms with Gasteiger partial charge >= 0.3 is 0 Å². The average molecular weight is 494 g/mol. The van der Waals surface area contributed by atoms with Crippen LogP contribution in [-0.2, 0) is 16.4 Å². The van der Waals surface area contributed by atoms with E-state index in [1.54, 1.807) is 12.1 Å². The van der Waals surface area contributed by atoms with Gasteiger partial charge in [0.25, 0.3) is 0 Å². The number of aromatic nitrogens is 1. The highest BCUT2D eigenvalue weighted by Crippen LogP contribution is 2.27. The molecule has 4 aromatic rings. The predicted molar refractivity (Wildman–Crippen MR) is 138 cm³/mol. The molecule has 8 heteroatoms. The molecule has 3 aromatic carbocycles. The number of nitrogens with zero attached hydrogens (tertiary/aromatic N) is 1. The van der Waals surface area contributed by atoms with E-state index < -0.39 is 10.0 Å². The maximum Gasteiger partial charge on any atom is 0.241 e. The summed E-state index contributed by atoms with van der Waals surface area (Å²) in [7, 11) is -3.62. The molecule has 4 rings (SSSR count). The summed E-state index contributed by atoms with van der Waals surface area (Å²) in [5.74, 6) is -0.0108. The fraction of sp³-hybridized carbons (Fsp3) is 0.231. The van der Waals surface area contributed by atoms with E-state index in [1.165, 1.54) is 11.3 Å². The lowest BCUT2D eigenvalue weighted by molar-refractivity contribution is 0.104. The van der Waals surface area contributed by atoms with Gasteiger partial charge in [0, 0.05) is 24.0 Å². The standard InChI is InChI=1S/C26H27N3O3S2/c1-3-19-10-4-7-14-22(19)24(30)25-18(2)29-26(33-25)27-16-9-17-28-34(31,32)23-15-8-12-20-11-5-6-13-21(20)23/h4-8,10-15,28H,3,9,16-17H2,1-2H3,(H,27,29). The number of sulfonamides is 1. The number of rotatable bonds is 10. The molecule has 176 valence electrons. The maximum absolute atomic E-state index is 13.0. The number of hydrogen-bond acceptors (Lipinski definition) is 6. The Morgan fingerprint density at radius 1 is 0.971 bits per heavy atom. The summed E-state index contributed by atoms with van der Waals surface area (Å²) in [4.78, 5) is 18.4. The Morgan fingerprint density at radius 3 is 2.53 bits per heavy atom. The third-order valence-corrected chi connectivity index (χ3v) is 8.24. The molecule has 0 aliphatic rings. The highest BCUT2D eigenvalue weighted by atomic mass is 32.2. The van der Waals surface area contributed by atoms with Crippen molar-refractivity contribution in [3.8, 4) is 0 Å². The number of aryl methyl sites for hydroxylation is 2. The highest BCUT2D eigenvalue weighted by Gasteiger charge is 2.19. The maximum atomic E-state index is 13.0. The zero-order valence-electron chi connectivity index (χ0n) is 19.2. The van der Waals surface area contributed by atoms with E-state index in [9.17, 15) is 13.2 Å². The lowest BCUT2D eigenvalue weighted by Gasteiger charge is -2.10. The molecule has 0 saturated carbocycles. The van der Waals surface area contributed by atoms with Crippen LogP contribution in [-0.4, -0.2) is 32.3 Å². The van der Waals surface area contributed by atoms with E-state index in [0.29, 0.717) is 46.2 Å². The molecule has 0 amide bonds. The zero-order chi connectivity index (χ0) is 24.1. The SMILES string of the molecule is CCc1ccccc1C(=O)c1sc(NCCCNS(=O)(=O)c2cccc3ccccc23)nc1C. The van der Waals surface area contributed by atoms with Crippen molar-refractivity contribution in [2.45, 2.75) is 31.6 Å². The number of thiazole rings is 1. The van der Waals surface area contributed by atoms with Gasteiger partial charge in [0.2, 0.25) is 15.8 Å². The molecule has 0 spiro atoms. The summed E-state index contributed by atoms with van der Waals surface area (Å²) < 4.78 is 28.3. The number of benzene rings is 3. The lowest BCUT2D eigenvalue weighted by Crippen LogP contribution is -2.26. The second kappa shape index (κ2) is 10.5. The first kappa shape index (κ1) is 24.1. The van der Waals surface area contributed by atoms with Crippen molar-refractivity contribution in [2.24, 2.45) is 0 Å². The number of carbonyl (C=O) groups is 1. The molecule has 0 saturated heterocycles. The first-order chi connectivity index (χ1) is 16.4. The number of nitrogens with one attached hydrogen (secondary N) is 2. The molecular formula is C26H27N3O3S2. The Labute approximate surface area is 204 Å². The first-order valence-electron chi connectivity index (χ1n) is 11.2. The number of carbonyl (C=O) groups excluding carboxylic acids is 1. The first-order valence-corrected chi connectivity index (χ1v) is 13.5. The molecule has 0 atom stereocenters. The van der Waals surface area contributed by atoms with Crippen LogP contribution in [0.1, 0.15) is 39.8 Å². The fourth-order valence-electron chi connectivity index (χ4n) is 3.85. The van der Waals surface area contributed by atoms with E-state index in [1.807, 2.05) is 68.4 Å². The minimum Gasteiger partial charge on any atom is -0.361 e. The smallest absolute Gasteiger partial charge is 0.241 e. The van der Waals surface area contributed by atoms with Gasteiger partial charge in [-0.15, -0.1) is 0 Å². The van der Waals surface area contributed by atoms with Gasteiger partial charge in [0.05, 0.1) is 15.5 Å². The molecule has 0 bridgehead atoms. The van der Waals surface area contributed by atoms with Gasteiger partial charge < -0.3 is 5.32 Å². The van der Waals surface area contributed by atoms with Crippen molar-refractivity contribution < 1.29 is 13.2 Å². The molecule has 1 heterocycles. The van der Waals surface area contributed by atoms with Crippen LogP contribution in [0.3, 0.4) is 0 Å². The van der Waals surface area contributed by atoms with Gasteiger partial charge in [-0.3, -0.25) is 4.79 Å². The Kier molecular flexibility index (Phi) is 7.41. The average Bonchev–Trinajstić information content (AvgIpc) is 3.23. The van der Waals surface area contributed by atoms with E-state index in [2.05, 4.69) is 15.0 Å². The van der Waals surface area contributed by atoms with Crippen molar-refractivity contribution in [3.05, 3.63) is 88.4 Å². The Balaban J connectivity index is 1.34. The monoisotopic (exact) mass is 493 g/mol. The number of anilines is 1. The molecule has 1 aromatic heterocycles. The van der Waals surface area contributed by atoms with Crippen LogP contribution >= 0.6 is 11.3 Å². The van der Waals surface area contributed by atoms with Gasteiger partial charge in [-0.2, -0.15) is 0 Å². The Bertz CT molecular complexity index is 1420. The molecule has 6 nitrogen and oxygen atoms in total. The van der Waals surface area contributed by atoms with Gasteiger partial charge in [-0.25, -0.2) is 18.1 Å². The minimum absolute atomic E-state index is 0.0108. The van der Waals surface area contributed by atoms with Crippen molar-refractivity contribution in [1.82, 2.24) is 9.71 Å². The largest absolute Gasteiger partial charge is 0.361 e. The van der Waals surface area contributed by atoms with Crippen LogP contribution in [0.4, 0.5) is 5.13 Å². The summed E-state index contributed by atoms with van der Waals surface area (Å²) in [5.41, 5.74) is 2.43. The summed E-state index contributed by atoms with van der Waals surface area (Å²) in [6.45, 7) is 4.69. The summed E-state index contributed by atoms with van der Waals surface area (Å²) in [6, 6.07) is 20.4. The lowest BCUT2D eigenvalue weighted by atomic mass is 10.0. The van der Waals surface area contributed by atoms with Crippen molar-refractivity contribution in [1.29, 1.82) is 0 Å². The van der Waals surface area contributed by atoms with Crippen molar-refractivity contribution in [2.75, 3.05) is 18.4 Å². The Hall–Kier alpha value is -3.07. The number of ketones is 1. The van der Waals surface area contributed by atoms with Crippen molar-refractivity contribution in [3.63, 3.8) is 0 Å². The fourth-order valence-corrected chi connectivity index (χ4v) is 6.10.